The van der Waals surface area contributed by atoms with E-state index in [-0.39, 0.29) is 5.82 Å². The normalized spacial score (nSPS) is 21.6. The molecule has 0 saturated heterocycles. The van der Waals surface area contributed by atoms with Crippen molar-refractivity contribution in [1.29, 1.82) is 0 Å². The van der Waals surface area contributed by atoms with Crippen molar-refractivity contribution in [2.75, 3.05) is 6.54 Å². The van der Waals surface area contributed by atoms with E-state index in [9.17, 15) is 9.18 Å². The van der Waals surface area contributed by atoms with Crippen LogP contribution >= 0.6 is 27.7 Å². The molecule has 1 aromatic carbocycles. The van der Waals surface area contributed by atoms with Crippen molar-refractivity contribution in [3.63, 3.8) is 0 Å². The molecule has 0 spiro atoms. The first-order valence-electron chi connectivity index (χ1n) is 7.28. The molecule has 1 N–H and O–H groups in total. The lowest BCUT2D eigenvalue weighted by Gasteiger charge is -2.33. The molecule has 23 heavy (non-hydrogen) atoms. The summed E-state index contributed by atoms with van der Waals surface area (Å²) in [7, 11) is 0. The third-order valence-corrected chi connectivity index (χ3v) is 5.06. The third-order valence-electron chi connectivity index (χ3n) is 3.27. The molecule has 1 aliphatic rings. The van der Waals surface area contributed by atoms with Crippen molar-refractivity contribution >= 4 is 39.0 Å². The summed E-state index contributed by atoms with van der Waals surface area (Å²) in [6.45, 7) is 7.85. The average Bonchev–Trinajstić information content (AvgIpc) is 2.39. The van der Waals surface area contributed by atoms with Gasteiger partial charge < -0.3 is 4.74 Å². The molecule has 126 valence electrons. The maximum atomic E-state index is 14.2. The van der Waals surface area contributed by atoms with Crippen LogP contribution in [0, 0.1) is 5.82 Å². The fourth-order valence-corrected chi connectivity index (χ4v) is 3.75. The number of ether oxygens (including phenoxy) is 1. The molecule has 1 heterocycles. The number of rotatable bonds is 1. The first-order chi connectivity index (χ1) is 10.6. The summed E-state index contributed by atoms with van der Waals surface area (Å²) in [4.78, 5) is 16.2. The standard InChI is InChI=1S/C16H20BrFN2O2S/c1-15(2,3)22-14(21)20-13-19-8-7-16(4,23-13)11-9-10(17)5-6-12(11)18/h5-6,9H,7-8H2,1-4H3,(H,19,20,21)/t16-/m0/s1. The van der Waals surface area contributed by atoms with Gasteiger partial charge in [-0.1, -0.05) is 27.7 Å². The number of amides is 1. The smallest absolute Gasteiger partial charge is 0.413 e. The van der Waals surface area contributed by atoms with E-state index >= 15 is 0 Å². The van der Waals surface area contributed by atoms with Gasteiger partial charge in [0.15, 0.2) is 5.17 Å². The van der Waals surface area contributed by atoms with Gasteiger partial charge in [0.05, 0.1) is 4.75 Å². The van der Waals surface area contributed by atoms with Crippen molar-refractivity contribution in [2.24, 2.45) is 4.99 Å². The number of nitrogens with zero attached hydrogens (tertiary/aromatic N) is 1. The maximum Gasteiger partial charge on any atom is 0.413 e. The van der Waals surface area contributed by atoms with Crippen molar-refractivity contribution in [2.45, 2.75) is 44.5 Å². The number of halogens is 2. The minimum absolute atomic E-state index is 0.262. The molecule has 0 radical (unpaired) electrons. The molecule has 0 unspecified atom stereocenters. The molecule has 1 aromatic rings. The number of nitrogens with one attached hydrogen (secondary N) is 1. The summed E-state index contributed by atoms with van der Waals surface area (Å²) in [5.41, 5.74) is 0.0132. The Morgan fingerprint density at radius 2 is 2.17 bits per heavy atom. The number of aliphatic imine (C=N–C) groups is 1. The number of hydrogen-bond acceptors (Lipinski definition) is 4. The molecule has 0 fully saturated rings. The number of amidine groups is 1. The Labute approximate surface area is 148 Å². The van der Waals surface area contributed by atoms with Gasteiger partial charge in [0, 0.05) is 16.6 Å². The number of carbonyl (C=O) groups excluding carboxylic acids is 1. The summed E-state index contributed by atoms with van der Waals surface area (Å²) in [6, 6.07) is 4.89. The number of carbonyl (C=O) groups is 1. The van der Waals surface area contributed by atoms with Gasteiger partial charge in [-0.15, -0.1) is 0 Å². The SMILES string of the molecule is CC(C)(C)OC(=O)NC1=NCC[C@@](C)(c2cc(Br)ccc2F)S1. The zero-order valence-electron chi connectivity index (χ0n) is 13.6. The van der Waals surface area contributed by atoms with E-state index in [1.165, 1.54) is 17.8 Å². The first-order valence-corrected chi connectivity index (χ1v) is 8.89. The van der Waals surface area contributed by atoms with Crippen molar-refractivity contribution < 1.29 is 13.9 Å². The van der Waals surface area contributed by atoms with Crippen LogP contribution in [0.1, 0.15) is 39.7 Å². The lowest BCUT2D eigenvalue weighted by molar-refractivity contribution is 0.0564. The van der Waals surface area contributed by atoms with E-state index in [1.54, 1.807) is 32.9 Å². The summed E-state index contributed by atoms with van der Waals surface area (Å²) < 4.78 is 19.8. The molecule has 0 aliphatic carbocycles. The van der Waals surface area contributed by atoms with Gasteiger partial charge in [0.2, 0.25) is 0 Å². The number of hydrogen-bond donors (Lipinski definition) is 1. The van der Waals surface area contributed by atoms with Crippen LogP contribution < -0.4 is 5.32 Å². The highest BCUT2D eigenvalue weighted by Crippen LogP contribution is 2.43. The second-order valence-corrected chi connectivity index (χ2v) is 8.93. The van der Waals surface area contributed by atoms with E-state index in [2.05, 4.69) is 26.2 Å². The minimum Gasteiger partial charge on any atom is -0.444 e. The molecule has 7 heteroatoms. The zero-order valence-corrected chi connectivity index (χ0v) is 16.0. The Balaban J connectivity index is 2.14. The molecular weight excluding hydrogens is 383 g/mol. The average molecular weight is 403 g/mol. The van der Waals surface area contributed by atoms with Crippen LogP contribution in [0.25, 0.3) is 0 Å². The second kappa shape index (κ2) is 6.81. The highest BCUT2D eigenvalue weighted by molar-refractivity contribution is 9.10. The minimum atomic E-state index is -0.580. The molecule has 0 bridgehead atoms. The Bertz CT molecular complexity index is 645. The Morgan fingerprint density at radius 3 is 2.83 bits per heavy atom. The summed E-state index contributed by atoms with van der Waals surface area (Å²) >= 11 is 4.72. The van der Waals surface area contributed by atoms with Crippen LogP contribution in [0.3, 0.4) is 0 Å². The highest BCUT2D eigenvalue weighted by Gasteiger charge is 2.35. The van der Waals surface area contributed by atoms with Crippen LogP contribution in [-0.4, -0.2) is 23.4 Å². The van der Waals surface area contributed by atoms with Gasteiger partial charge in [-0.05, 0) is 52.3 Å². The highest BCUT2D eigenvalue weighted by atomic mass is 79.9. The van der Waals surface area contributed by atoms with Crippen LogP contribution in [0.2, 0.25) is 0 Å². The molecule has 4 nitrogen and oxygen atoms in total. The lowest BCUT2D eigenvalue weighted by atomic mass is 9.96. The van der Waals surface area contributed by atoms with Crippen LogP contribution in [0.4, 0.5) is 9.18 Å². The second-order valence-electron chi connectivity index (χ2n) is 6.52. The van der Waals surface area contributed by atoms with E-state index in [1.807, 2.05) is 6.92 Å². The van der Waals surface area contributed by atoms with Gasteiger partial charge in [-0.3, -0.25) is 10.3 Å². The fraction of sp³-hybridized carbons (Fsp3) is 0.500. The lowest BCUT2D eigenvalue weighted by Crippen LogP contribution is -2.39. The zero-order chi connectivity index (χ0) is 17.3. The summed E-state index contributed by atoms with van der Waals surface area (Å²) in [5.74, 6) is -0.262. The number of alkyl carbamates (subject to hydrolysis) is 1. The largest absolute Gasteiger partial charge is 0.444 e. The Kier molecular flexibility index (Phi) is 5.41. The van der Waals surface area contributed by atoms with E-state index in [4.69, 9.17) is 4.74 Å². The van der Waals surface area contributed by atoms with E-state index < -0.39 is 16.4 Å². The number of benzene rings is 1. The van der Waals surface area contributed by atoms with Crippen molar-refractivity contribution in [3.05, 3.63) is 34.1 Å². The molecule has 1 amide bonds. The van der Waals surface area contributed by atoms with E-state index in [0.717, 1.165) is 4.47 Å². The van der Waals surface area contributed by atoms with Gasteiger partial charge >= 0.3 is 6.09 Å². The molecule has 0 saturated carbocycles. The quantitative estimate of drug-likeness (QED) is 0.732. The molecule has 1 aliphatic heterocycles. The summed E-state index contributed by atoms with van der Waals surface area (Å²) in [6.07, 6.45) is 0.132. The third kappa shape index (κ3) is 4.94. The molecule has 0 aromatic heterocycles. The Morgan fingerprint density at radius 1 is 1.48 bits per heavy atom. The Hall–Kier alpha value is -1.08. The monoisotopic (exact) mass is 402 g/mol. The van der Waals surface area contributed by atoms with Crippen LogP contribution in [-0.2, 0) is 9.48 Å². The fourth-order valence-electron chi connectivity index (χ4n) is 2.22. The predicted molar refractivity (Wildman–Crippen MR) is 95.3 cm³/mol. The van der Waals surface area contributed by atoms with Gasteiger partial charge in [0.1, 0.15) is 11.4 Å². The molecule has 1 atom stereocenters. The van der Waals surface area contributed by atoms with Gasteiger partial charge in [-0.25, -0.2) is 9.18 Å². The van der Waals surface area contributed by atoms with Crippen molar-refractivity contribution in [1.82, 2.24) is 5.32 Å². The van der Waals surface area contributed by atoms with Crippen LogP contribution in [0.5, 0.6) is 0 Å². The first kappa shape index (κ1) is 18.3. The predicted octanol–water partition coefficient (Wildman–Crippen LogP) is 4.82. The topological polar surface area (TPSA) is 50.7 Å². The van der Waals surface area contributed by atoms with Crippen LogP contribution in [0.15, 0.2) is 27.7 Å². The van der Waals surface area contributed by atoms with Gasteiger partial charge in [-0.2, -0.15) is 0 Å². The van der Waals surface area contributed by atoms with E-state index in [0.29, 0.717) is 23.7 Å². The van der Waals surface area contributed by atoms with Crippen molar-refractivity contribution in [3.8, 4) is 0 Å². The summed E-state index contributed by atoms with van der Waals surface area (Å²) in [5, 5.41) is 3.10. The number of thioether (sulfide) groups is 1. The molecule has 2 rings (SSSR count). The maximum absolute atomic E-state index is 14.2. The van der Waals surface area contributed by atoms with Gasteiger partial charge in [0.25, 0.3) is 0 Å². The molecular formula is C16H20BrFN2O2S.